The van der Waals surface area contributed by atoms with Gasteiger partial charge in [-0.25, -0.2) is 12.1 Å². The van der Waals surface area contributed by atoms with Crippen molar-refractivity contribution in [3.05, 3.63) is 186 Å². The molecule has 0 heterocycles. The van der Waals surface area contributed by atoms with Crippen LogP contribution in [0.4, 0.5) is 0 Å². The molecule has 0 saturated carbocycles. The average molecular weight is 675 g/mol. The summed E-state index contributed by atoms with van der Waals surface area (Å²) in [5.41, 5.74) is 8.26. The van der Waals surface area contributed by atoms with E-state index in [9.17, 15) is 0 Å². The maximum Gasteiger partial charge on any atom is -0.0253 e. The van der Waals surface area contributed by atoms with Crippen LogP contribution in [0.2, 0.25) is 0 Å². The fourth-order valence-electron chi connectivity index (χ4n) is 5.35. The molecular formula is C39H28Hf. The summed E-state index contributed by atoms with van der Waals surface area (Å²) in [6, 6.07) is 58.7. The molecular weight excluding hydrogens is 647 g/mol. The first-order valence-electron chi connectivity index (χ1n) is 13.6. The van der Waals surface area contributed by atoms with Crippen LogP contribution in [0.1, 0.15) is 22.3 Å². The molecule has 0 atom stereocenters. The predicted molar refractivity (Wildman–Crippen MR) is 167 cm³/mol. The second-order valence-corrected chi connectivity index (χ2v) is 11.6. The molecule has 0 aromatic heterocycles. The molecule has 0 saturated heterocycles. The zero-order valence-electron chi connectivity index (χ0n) is 22.2. The average Bonchev–Trinajstić information content (AvgIpc) is 3.73. The Morgan fingerprint density at radius 1 is 0.550 bits per heavy atom. The molecule has 0 radical (unpaired) electrons. The zero-order valence-corrected chi connectivity index (χ0v) is 25.8. The molecule has 0 spiro atoms. The summed E-state index contributed by atoms with van der Waals surface area (Å²) in [7, 11) is 0. The van der Waals surface area contributed by atoms with E-state index >= 15 is 0 Å². The van der Waals surface area contributed by atoms with Gasteiger partial charge in [-0.3, -0.25) is 0 Å². The van der Waals surface area contributed by atoms with Crippen LogP contribution < -0.4 is 0 Å². The van der Waals surface area contributed by atoms with E-state index < -0.39 is 0 Å². The van der Waals surface area contributed by atoms with Gasteiger partial charge in [0.05, 0.1) is 0 Å². The number of hydrogen-bond acceptors (Lipinski definition) is 0. The summed E-state index contributed by atoms with van der Waals surface area (Å²) in [4.78, 5) is 0. The van der Waals surface area contributed by atoms with E-state index in [4.69, 9.17) is 0 Å². The maximum absolute atomic E-state index is 3.30. The Balaban J connectivity index is 0.000000134. The Bertz CT molecular complexity index is 1740. The fourth-order valence-corrected chi connectivity index (χ4v) is 6.92. The summed E-state index contributed by atoms with van der Waals surface area (Å²) in [6.45, 7) is 0. The van der Waals surface area contributed by atoms with E-state index in [1.807, 2.05) is 36.4 Å². The van der Waals surface area contributed by atoms with Gasteiger partial charge in [0.2, 0.25) is 0 Å². The van der Waals surface area contributed by atoms with Crippen molar-refractivity contribution in [1.82, 2.24) is 0 Å². The third-order valence-corrected chi connectivity index (χ3v) is 9.23. The van der Waals surface area contributed by atoms with Gasteiger partial charge >= 0.3 is 145 Å². The largest absolute Gasteiger partial charge is 0.214 e. The van der Waals surface area contributed by atoms with Gasteiger partial charge in [0, 0.05) is 0 Å². The summed E-state index contributed by atoms with van der Waals surface area (Å²) in [6.07, 6.45) is 1.05. The van der Waals surface area contributed by atoms with Crippen molar-refractivity contribution in [3.8, 4) is 11.1 Å². The number of rotatable bonds is 2. The van der Waals surface area contributed by atoms with Gasteiger partial charge in [-0.2, -0.15) is 48.0 Å². The van der Waals surface area contributed by atoms with E-state index in [2.05, 4.69) is 127 Å². The summed E-state index contributed by atoms with van der Waals surface area (Å²) < 4.78 is 1.47. The molecule has 40 heavy (non-hydrogen) atoms. The first-order chi connectivity index (χ1) is 19.8. The van der Waals surface area contributed by atoms with Crippen LogP contribution in [0.5, 0.6) is 0 Å². The van der Waals surface area contributed by atoms with Crippen LogP contribution in [-0.2, 0) is 30.3 Å². The molecule has 0 aliphatic heterocycles. The van der Waals surface area contributed by atoms with Gasteiger partial charge in [0.25, 0.3) is 0 Å². The Labute approximate surface area is 251 Å². The second kappa shape index (κ2) is 12.4. The molecule has 0 fully saturated rings. The van der Waals surface area contributed by atoms with Gasteiger partial charge in [0.15, 0.2) is 0 Å². The molecule has 0 bridgehead atoms. The van der Waals surface area contributed by atoms with Gasteiger partial charge in [-0.05, 0) is 6.42 Å². The van der Waals surface area contributed by atoms with Gasteiger partial charge in [-0.15, -0.1) is 5.56 Å². The van der Waals surface area contributed by atoms with Crippen LogP contribution in [-0.4, -0.2) is 3.26 Å². The van der Waals surface area contributed by atoms with E-state index in [0.717, 1.165) is 30.3 Å². The Hall–Kier alpha value is -4.07. The summed E-state index contributed by atoms with van der Waals surface area (Å²) >= 11 is 1.02. The standard InChI is InChI=1S/C21H14.C13H9.C5H5.Hf/c1-3-13-20-16(7-1)9-5-11-18(20)15-19-12-6-10-17-8-2-4-14-21(17)19;1-3-7-12-10(5-1)9-11-6-2-4-8-13(11)12;1-2-4-5-3-1;/h1-14H;1-5,7-8H,9H2;1-5H;/q;2*-1;+2. The minimum Gasteiger partial charge on any atom is -0.214 e. The Kier molecular flexibility index (Phi) is 8.12. The summed E-state index contributed by atoms with van der Waals surface area (Å²) in [5, 5.41) is 5.33. The monoisotopic (exact) mass is 676 g/mol. The fraction of sp³-hybridized carbons (Fsp3) is 0.0256. The Morgan fingerprint density at radius 2 is 1.10 bits per heavy atom. The third-order valence-electron chi connectivity index (χ3n) is 7.29. The van der Waals surface area contributed by atoms with Crippen LogP contribution in [0.15, 0.2) is 158 Å². The molecule has 0 N–H and O–H groups in total. The molecule has 7 aromatic carbocycles. The van der Waals surface area contributed by atoms with Crippen molar-refractivity contribution < 1.29 is 23.9 Å². The quantitative estimate of drug-likeness (QED) is 0.127. The summed E-state index contributed by atoms with van der Waals surface area (Å²) in [5.74, 6) is 0. The van der Waals surface area contributed by atoms with E-state index in [0.29, 0.717) is 0 Å². The zero-order chi connectivity index (χ0) is 27.1. The normalized spacial score (nSPS) is 11.1. The van der Waals surface area contributed by atoms with Crippen molar-refractivity contribution in [2.75, 3.05) is 0 Å². The van der Waals surface area contributed by atoms with Crippen molar-refractivity contribution in [3.63, 3.8) is 0 Å². The molecule has 7 aromatic rings. The van der Waals surface area contributed by atoms with Crippen molar-refractivity contribution in [2.45, 2.75) is 6.42 Å². The predicted octanol–water partition coefficient (Wildman–Crippen LogP) is 9.57. The minimum absolute atomic E-state index is 1.02. The molecule has 8 rings (SSSR count). The van der Waals surface area contributed by atoms with Crippen LogP contribution >= 0.6 is 0 Å². The molecule has 1 heteroatoms. The van der Waals surface area contributed by atoms with Crippen molar-refractivity contribution >= 4 is 24.8 Å². The van der Waals surface area contributed by atoms with E-state index in [-0.39, 0.29) is 0 Å². The van der Waals surface area contributed by atoms with Gasteiger partial charge in [-0.1, -0.05) is 35.4 Å². The van der Waals surface area contributed by atoms with Crippen LogP contribution in [0.25, 0.3) is 32.7 Å². The third kappa shape index (κ3) is 5.62. The van der Waals surface area contributed by atoms with E-state index in [1.54, 1.807) is 0 Å². The van der Waals surface area contributed by atoms with Crippen LogP contribution in [0.3, 0.4) is 0 Å². The smallest absolute Gasteiger partial charge is 0.0253 e. The molecule has 0 unspecified atom stereocenters. The minimum atomic E-state index is 1.02. The number of fused-ring (bicyclic) bond motifs is 5. The van der Waals surface area contributed by atoms with Crippen molar-refractivity contribution in [1.29, 1.82) is 0 Å². The molecule has 1 aliphatic carbocycles. The molecule has 0 amide bonds. The first kappa shape index (κ1) is 26.2. The number of benzene rings is 6. The molecule has 1 aliphatic rings. The topological polar surface area (TPSA) is 0 Å². The molecule has 0 nitrogen and oxygen atoms in total. The van der Waals surface area contributed by atoms with Crippen molar-refractivity contribution in [2.24, 2.45) is 0 Å². The van der Waals surface area contributed by atoms with E-state index in [1.165, 1.54) is 58.2 Å². The van der Waals surface area contributed by atoms with Gasteiger partial charge < -0.3 is 0 Å². The maximum atomic E-state index is 3.30. The van der Waals surface area contributed by atoms with Gasteiger partial charge in [0.1, 0.15) is 0 Å². The Morgan fingerprint density at radius 3 is 1.73 bits per heavy atom. The first-order valence-corrected chi connectivity index (χ1v) is 15.4. The van der Waals surface area contributed by atoms with Crippen LogP contribution in [0, 0.1) is 6.07 Å². The second-order valence-electron chi connectivity index (χ2n) is 9.79. The number of hydrogen-bond donors (Lipinski definition) is 0. The SMILES string of the molecule is [Hf+2]=[C](c1cccc2ccccc12)c1cccc2ccccc12.[c-]1cccc2c1Cc1ccccc1-2.c1cc[cH-]c1. The molecule has 188 valence electrons.